The molecule has 3 heterocycles. The second-order valence-corrected chi connectivity index (χ2v) is 8.42. The third-order valence-electron chi connectivity index (χ3n) is 4.22. The molecule has 0 unspecified atom stereocenters. The molecule has 0 atom stereocenters. The van der Waals surface area contributed by atoms with Gasteiger partial charge >= 0.3 is 0 Å². The summed E-state index contributed by atoms with van der Waals surface area (Å²) in [7, 11) is 0. The van der Waals surface area contributed by atoms with Crippen LogP contribution in [0.15, 0.2) is 52.9 Å². The number of nitrogens with one attached hydrogen (secondary N) is 1. The van der Waals surface area contributed by atoms with E-state index in [2.05, 4.69) is 10.3 Å². The van der Waals surface area contributed by atoms with E-state index in [1.807, 2.05) is 24.4 Å². The summed E-state index contributed by atoms with van der Waals surface area (Å²) in [5.41, 5.74) is 0.675. The van der Waals surface area contributed by atoms with Crippen LogP contribution in [0, 0.1) is 17.0 Å². The number of carbonyl (C=O) groups excluding carboxylic acids is 1. The molecule has 0 aliphatic heterocycles. The lowest BCUT2D eigenvalue weighted by atomic mass is 10.2. The molecule has 146 valence electrons. The molecular weight excluding hydrogens is 412 g/mol. The number of fused-ring (bicyclic) bond motifs is 1. The average molecular weight is 426 g/mol. The summed E-state index contributed by atoms with van der Waals surface area (Å²) in [5.74, 6) is -0.475. The van der Waals surface area contributed by atoms with E-state index in [-0.39, 0.29) is 23.5 Å². The fraction of sp³-hybridized carbons (Fsp3) is 0.105. The van der Waals surface area contributed by atoms with Crippen molar-refractivity contribution < 1.29 is 9.72 Å². The van der Waals surface area contributed by atoms with E-state index in [1.54, 1.807) is 17.4 Å². The highest BCUT2D eigenvalue weighted by atomic mass is 32.1. The van der Waals surface area contributed by atoms with Crippen LogP contribution < -0.4 is 10.9 Å². The minimum absolute atomic E-state index is 0.128. The topological polar surface area (TPSA) is 107 Å². The van der Waals surface area contributed by atoms with Crippen molar-refractivity contribution in [2.24, 2.45) is 0 Å². The van der Waals surface area contributed by atoms with Gasteiger partial charge in [-0.25, -0.2) is 4.98 Å². The zero-order chi connectivity index (χ0) is 20.5. The summed E-state index contributed by atoms with van der Waals surface area (Å²) < 4.78 is 1.24. The van der Waals surface area contributed by atoms with E-state index in [0.29, 0.717) is 10.2 Å². The van der Waals surface area contributed by atoms with Gasteiger partial charge in [-0.1, -0.05) is 6.07 Å². The highest BCUT2D eigenvalue weighted by Crippen LogP contribution is 2.34. The number of hydrogen-bond acceptors (Lipinski definition) is 7. The highest BCUT2D eigenvalue weighted by Gasteiger charge is 2.16. The molecule has 4 rings (SSSR count). The third kappa shape index (κ3) is 3.80. The number of nitrogens with zero attached hydrogens (tertiary/aromatic N) is 3. The number of hydrogen-bond donors (Lipinski definition) is 1. The summed E-state index contributed by atoms with van der Waals surface area (Å²) in [6.45, 7) is 1.75. The lowest BCUT2D eigenvalue weighted by Gasteiger charge is -2.07. The van der Waals surface area contributed by atoms with Crippen molar-refractivity contribution in [3.63, 3.8) is 0 Å². The van der Waals surface area contributed by atoms with Gasteiger partial charge in [-0.15, -0.1) is 22.7 Å². The largest absolute Gasteiger partial charge is 0.324 e. The van der Waals surface area contributed by atoms with Crippen LogP contribution in [0.3, 0.4) is 0 Å². The average Bonchev–Trinajstić information content (AvgIpc) is 3.30. The number of rotatable bonds is 5. The minimum Gasteiger partial charge on any atom is -0.324 e. The number of non-ortho nitro benzene ring substituents is 1. The van der Waals surface area contributed by atoms with Crippen molar-refractivity contribution in [2.45, 2.75) is 13.5 Å². The van der Waals surface area contributed by atoms with Crippen LogP contribution >= 0.6 is 22.7 Å². The monoisotopic (exact) mass is 426 g/mol. The predicted octanol–water partition coefficient (Wildman–Crippen LogP) is 4.04. The molecule has 10 heteroatoms. The Morgan fingerprint density at radius 1 is 1.31 bits per heavy atom. The van der Waals surface area contributed by atoms with Crippen LogP contribution in [0.25, 0.3) is 20.7 Å². The molecule has 0 saturated carbocycles. The Bertz CT molecular complexity index is 1310. The molecule has 29 heavy (non-hydrogen) atoms. The standard InChI is InChI=1S/C19H14N4O4S2/c1-11-5-6-15(29-11)14-9-28-18-17(14)19(25)22(10-20-18)8-16(24)21-12-3-2-4-13(7-12)23(26)27/h2-7,9-10H,8H2,1H3,(H,21,24). The highest BCUT2D eigenvalue weighted by molar-refractivity contribution is 7.19. The van der Waals surface area contributed by atoms with E-state index in [1.165, 1.54) is 40.4 Å². The number of carbonyl (C=O) groups is 1. The van der Waals surface area contributed by atoms with Crippen molar-refractivity contribution in [1.29, 1.82) is 0 Å². The summed E-state index contributed by atoms with van der Waals surface area (Å²) in [5, 5.41) is 15.8. The quantitative estimate of drug-likeness (QED) is 0.383. The van der Waals surface area contributed by atoms with Gasteiger partial charge in [0.1, 0.15) is 11.4 Å². The van der Waals surface area contributed by atoms with Crippen molar-refractivity contribution in [3.05, 3.63) is 73.5 Å². The maximum Gasteiger partial charge on any atom is 0.271 e. The molecule has 0 fully saturated rings. The number of nitro benzene ring substituents is 1. The SMILES string of the molecule is Cc1ccc(-c2csc3ncn(CC(=O)Nc4cccc([N+](=O)[O-])c4)c(=O)c23)s1. The Kier molecular flexibility index (Phi) is 4.95. The number of benzene rings is 1. The first kappa shape index (κ1) is 19.0. The summed E-state index contributed by atoms with van der Waals surface area (Å²) in [6.07, 6.45) is 1.34. The van der Waals surface area contributed by atoms with Crippen LogP contribution in [0.4, 0.5) is 11.4 Å². The molecule has 1 aromatic carbocycles. The molecule has 0 aliphatic rings. The molecule has 0 aliphatic carbocycles. The Labute approximate surface area is 172 Å². The summed E-state index contributed by atoms with van der Waals surface area (Å²) in [6, 6.07) is 9.58. The minimum atomic E-state index is -0.539. The number of thiophene rings is 2. The van der Waals surface area contributed by atoms with Crippen LogP contribution in [-0.4, -0.2) is 20.4 Å². The maximum atomic E-state index is 13.0. The molecular formula is C19H14N4O4S2. The van der Waals surface area contributed by atoms with Gasteiger partial charge in [0.25, 0.3) is 11.2 Å². The molecule has 0 radical (unpaired) electrons. The smallest absolute Gasteiger partial charge is 0.271 e. The lowest BCUT2D eigenvalue weighted by molar-refractivity contribution is -0.384. The van der Waals surface area contributed by atoms with Gasteiger partial charge in [0.15, 0.2) is 0 Å². The fourth-order valence-corrected chi connectivity index (χ4v) is 4.76. The summed E-state index contributed by atoms with van der Waals surface area (Å²) >= 11 is 2.98. The second-order valence-electron chi connectivity index (χ2n) is 6.27. The molecule has 0 saturated heterocycles. The Balaban J connectivity index is 1.62. The van der Waals surface area contributed by atoms with E-state index < -0.39 is 10.8 Å². The Morgan fingerprint density at radius 3 is 2.86 bits per heavy atom. The molecule has 3 aromatic heterocycles. The van der Waals surface area contributed by atoms with Gasteiger partial charge in [0, 0.05) is 38.5 Å². The number of aromatic nitrogens is 2. The fourth-order valence-electron chi connectivity index (χ4n) is 2.89. The van der Waals surface area contributed by atoms with Crippen LogP contribution in [0.5, 0.6) is 0 Å². The zero-order valence-electron chi connectivity index (χ0n) is 15.1. The predicted molar refractivity (Wildman–Crippen MR) is 114 cm³/mol. The van der Waals surface area contributed by atoms with Gasteiger partial charge in [-0.2, -0.15) is 0 Å². The first-order valence-electron chi connectivity index (χ1n) is 8.50. The van der Waals surface area contributed by atoms with Crippen LogP contribution in [0.1, 0.15) is 4.88 Å². The van der Waals surface area contributed by atoms with Gasteiger partial charge < -0.3 is 5.32 Å². The Morgan fingerprint density at radius 2 is 2.14 bits per heavy atom. The van der Waals surface area contributed by atoms with Crippen LogP contribution in [0.2, 0.25) is 0 Å². The second kappa shape index (κ2) is 7.57. The first-order valence-corrected chi connectivity index (χ1v) is 10.2. The third-order valence-corrected chi connectivity index (χ3v) is 6.14. The molecule has 1 N–H and O–H groups in total. The first-order chi connectivity index (χ1) is 13.9. The lowest BCUT2D eigenvalue weighted by Crippen LogP contribution is -2.27. The van der Waals surface area contributed by atoms with Gasteiger partial charge in [-0.05, 0) is 25.1 Å². The van der Waals surface area contributed by atoms with E-state index in [9.17, 15) is 19.7 Å². The van der Waals surface area contributed by atoms with Crippen molar-refractivity contribution in [2.75, 3.05) is 5.32 Å². The molecule has 8 nitrogen and oxygen atoms in total. The molecule has 0 bridgehead atoms. The number of nitro groups is 1. The number of anilines is 1. The van der Waals surface area contributed by atoms with Crippen LogP contribution in [-0.2, 0) is 11.3 Å². The van der Waals surface area contributed by atoms with E-state index in [4.69, 9.17) is 0 Å². The normalized spacial score (nSPS) is 10.9. The van der Waals surface area contributed by atoms with E-state index >= 15 is 0 Å². The van der Waals surface area contributed by atoms with Crippen molar-refractivity contribution in [1.82, 2.24) is 9.55 Å². The Hall–Kier alpha value is -3.37. The zero-order valence-corrected chi connectivity index (χ0v) is 16.8. The van der Waals surface area contributed by atoms with Gasteiger partial charge in [-0.3, -0.25) is 24.3 Å². The van der Waals surface area contributed by atoms with Crippen molar-refractivity contribution in [3.8, 4) is 10.4 Å². The molecule has 1 amide bonds. The van der Waals surface area contributed by atoms with E-state index in [0.717, 1.165) is 15.3 Å². The molecule has 4 aromatic rings. The molecule has 0 spiro atoms. The number of amides is 1. The van der Waals surface area contributed by atoms with Gasteiger partial charge in [0.2, 0.25) is 5.91 Å². The van der Waals surface area contributed by atoms with Crippen molar-refractivity contribution >= 4 is 50.2 Å². The number of aryl methyl sites for hydroxylation is 1. The maximum absolute atomic E-state index is 13.0. The summed E-state index contributed by atoms with van der Waals surface area (Å²) in [4.78, 5) is 42.7. The van der Waals surface area contributed by atoms with Gasteiger partial charge in [0.05, 0.1) is 16.6 Å².